The molecule has 1 N–H and O–H groups in total. The number of halogens is 1. The Morgan fingerprint density at radius 1 is 1.16 bits per heavy atom. The topological polar surface area (TPSA) is 92.8 Å². The van der Waals surface area contributed by atoms with E-state index < -0.39 is 0 Å². The molecule has 31 heavy (non-hydrogen) atoms. The number of aryl methyl sites for hydroxylation is 1. The number of carbonyl (C=O) groups excluding carboxylic acids is 2. The number of allylic oxidation sites excluding steroid dienone is 2. The minimum Gasteiger partial charge on any atom is -0.511 e. The van der Waals surface area contributed by atoms with Gasteiger partial charge in [0.2, 0.25) is 0 Å². The molecule has 0 bridgehead atoms. The first-order valence-electron chi connectivity index (χ1n) is 10.5. The van der Waals surface area contributed by atoms with Gasteiger partial charge in [0.25, 0.3) is 0 Å². The maximum atomic E-state index is 12.7. The average Bonchev–Trinajstić information content (AvgIpc) is 3.09. The highest BCUT2D eigenvalue weighted by atomic mass is 79.9. The summed E-state index contributed by atoms with van der Waals surface area (Å²) in [5.41, 5.74) is 2.55. The lowest BCUT2D eigenvalue weighted by Crippen LogP contribution is -2.26. The van der Waals surface area contributed by atoms with Gasteiger partial charge in [-0.3, -0.25) is 14.6 Å². The van der Waals surface area contributed by atoms with Crippen LogP contribution in [0.1, 0.15) is 67.8 Å². The van der Waals surface area contributed by atoms with Crippen molar-refractivity contribution in [3.8, 4) is 0 Å². The molecule has 0 saturated heterocycles. The SMILES string of the molecule is CC1(C)CC(=O)c2c(CCC(=Nc3ccc(Br)cc3)C3=C(O)CCCC3=O)noc2C1. The van der Waals surface area contributed by atoms with E-state index in [0.29, 0.717) is 78.9 Å². The van der Waals surface area contributed by atoms with Gasteiger partial charge in [-0.25, -0.2) is 0 Å². The molecule has 2 aliphatic rings. The third-order valence-electron chi connectivity index (χ3n) is 5.75. The van der Waals surface area contributed by atoms with E-state index >= 15 is 0 Å². The first kappa shape index (κ1) is 21.7. The molecule has 0 aliphatic heterocycles. The number of nitrogens with zero attached hydrogens (tertiary/aromatic N) is 2. The predicted octanol–water partition coefficient (Wildman–Crippen LogP) is 5.86. The molecule has 0 fully saturated rings. The summed E-state index contributed by atoms with van der Waals surface area (Å²) in [4.78, 5) is 30.0. The van der Waals surface area contributed by atoms with Crippen LogP contribution in [0, 0.1) is 5.41 Å². The molecule has 162 valence electrons. The first-order valence-corrected chi connectivity index (χ1v) is 11.3. The van der Waals surface area contributed by atoms with Crippen LogP contribution < -0.4 is 0 Å². The zero-order chi connectivity index (χ0) is 22.2. The zero-order valence-corrected chi connectivity index (χ0v) is 19.3. The number of aliphatic hydroxyl groups is 1. The Morgan fingerprint density at radius 3 is 2.61 bits per heavy atom. The van der Waals surface area contributed by atoms with Crippen LogP contribution in [0.2, 0.25) is 0 Å². The van der Waals surface area contributed by atoms with Gasteiger partial charge in [-0.2, -0.15) is 0 Å². The van der Waals surface area contributed by atoms with Crippen molar-refractivity contribution < 1.29 is 19.2 Å². The lowest BCUT2D eigenvalue weighted by atomic mass is 9.76. The van der Waals surface area contributed by atoms with Crippen molar-refractivity contribution in [1.82, 2.24) is 5.16 Å². The number of aliphatic imine (C=N–C) groups is 1. The first-order chi connectivity index (χ1) is 14.7. The molecule has 2 aromatic rings. The third-order valence-corrected chi connectivity index (χ3v) is 6.28. The summed E-state index contributed by atoms with van der Waals surface area (Å²) in [7, 11) is 0. The molecule has 0 spiro atoms. The van der Waals surface area contributed by atoms with E-state index in [1.165, 1.54) is 0 Å². The van der Waals surface area contributed by atoms with Crippen molar-refractivity contribution in [1.29, 1.82) is 0 Å². The molecule has 1 heterocycles. The second kappa shape index (κ2) is 8.54. The summed E-state index contributed by atoms with van der Waals surface area (Å²) in [6, 6.07) is 7.45. The molecule has 1 aromatic carbocycles. The summed E-state index contributed by atoms with van der Waals surface area (Å²) in [5.74, 6) is 0.676. The Kier molecular flexibility index (Phi) is 5.97. The number of Topliss-reactive ketones (excluding diaryl/α,β-unsaturated/α-hetero) is 2. The smallest absolute Gasteiger partial charge is 0.168 e. The molecule has 0 saturated carbocycles. The van der Waals surface area contributed by atoms with E-state index in [1.807, 2.05) is 38.1 Å². The molecule has 0 amide bonds. The highest BCUT2D eigenvalue weighted by Crippen LogP contribution is 2.36. The number of hydrogen-bond donors (Lipinski definition) is 1. The molecule has 4 rings (SSSR count). The standard InChI is InChI=1S/C24H25BrN2O4/c1-24(2)12-20(30)23-17(27-31-21(23)13-24)11-10-16(22-18(28)4-3-5-19(22)29)26-15-8-6-14(25)7-9-15/h6-9,28H,3-5,10-13H2,1-2H3. The number of ketones is 2. The summed E-state index contributed by atoms with van der Waals surface area (Å²) >= 11 is 3.41. The minimum absolute atomic E-state index is 0.0460. The zero-order valence-electron chi connectivity index (χ0n) is 17.7. The van der Waals surface area contributed by atoms with Crippen molar-refractivity contribution in [2.45, 2.75) is 58.8 Å². The van der Waals surface area contributed by atoms with Gasteiger partial charge in [0.1, 0.15) is 11.5 Å². The number of aliphatic hydroxyl groups excluding tert-OH is 1. The summed E-state index contributed by atoms with van der Waals surface area (Å²) < 4.78 is 6.43. The van der Waals surface area contributed by atoms with Gasteiger partial charge in [-0.05, 0) is 48.9 Å². The second-order valence-corrected chi connectivity index (χ2v) is 9.92. The van der Waals surface area contributed by atoms with Gasteiger partial charge in [-0.15, -0.1) is 0 Å². The normalized spacial score (nSPS) is 19.0. The Hall–Kier alpha value is -2.54. The van der Waals surface area contributed by atoms with Gasteiger partial charge in [0, 0.05) is 30.2 Å². The predicted molar refractivity (Wildman–Crippen MR) is 121 cm³/mol. The van der Waals surface area contributed by atoms with Crippen LogP contribution in [-0.2, 0) is 17.6 Å². The van der Waals surface area contributed by atoms with Crippen LogP contribution >= 0.6 is 15.9 Å². The summed E-state index contributed by atoms with van der Waals surface area (Å²) in [6.45, 7) is 4.09. The monoisotopic (exact) mass is 484 g/mol. The minimum atomic E-state index is -0.139. The average molecular weight is 485 g/mol. The van der Waals surface area contributed by atoms with Gasteiger partial charge >= 0.3 is 0 Å². The summed E-state index contributed by atoms with van der Waals surface area (Å²) in [5, 5.41) is 14.6. The summed E-state index contributed by atoms with van der Waals surface area (Å²) in [6.07, 6.45) is 3.41. The maximum Gasteiger partial charge on any atom is 0.168 e. The molecular formula is C24H25BrN2O4. The molecule has 0 unspecified atom stereocenters. The molecular weight excluding hydrogens is 460 g/mol. The van der Waals surface area contributed by atoms with E-state index in [0.717, 1.165) is 4.47 Å². The Morgan fingerprint density at radius 2 is 1.90 bits per heavy atom. The highest BCUT2D eigenvalue weighted by Gasteiger charge is 2.36. The van der Waals surface area contributed by atoms with Crippen LogP contribution in [0.4, 0.5) is 5.69 Å². The number of carbonyl (C=O) groups is 2. The lowest BCUT2D eigenvalue weighted by Gasteiger charge is -2.26. The molecule has 1 aromatic heterocycles. The fourth-order valence-electron chi connectivity index (χ4n) is 4.29. The van der Waals surface area contributed by atoms with Crippen LogP contribution in [0.5, 0.6) is 0 Å². The van der Waals surface area contributed by atoms with Gasteiger partial charge in [0.15, 0.2) is 11.6 Å². The van der Waals surface area contributed by atoms with Gasteiger partial charge in [-0.1, -0.05) is 34.9 Å². The fraction of sp³-hybridized carbons (Fsp3) is 0.417. The van der Waals surface area contributed by atoms with Crippen LogP contribution in [-0.4, -0.2) is 27.5 Å². The van der Waals surface area contributed by atoms with Crippen molar-refractivity contribution in [2.75, 3.05) is 0 Å². The van der Waals surface area contributed by atoms with Crippen molar-refractivity contribution in [3.05, 3.63) is 57.1 Å². The van der Waals surface area contributed by atoms with E-state index in [9.17, 15) is 14.7 Å². The Labute approximate surface area is 189 Å². The number of aromatic nitrogens is 1. The number of benzene rings is 1. The maximum absolute atomic E-state index is 12.7. The van der Waals surface area contributed by atoms with Gasteiger partial charge < -0.3 is 9.63 Å². The fourth-order valence-corrected chi connectivity index (χ4v) is 4.55. The number of rotatable bonds is 5. The highest BCUT2D eigenvalue weighted by molar-refractivity contribution is 9.10. The lowest BCUT2D eigenvalue weighted by molar-refractivity contribution is -0.115. The largest absolute Gasteiger partial charge is 0.511 e. The molecule has 0 radical (unpaired) electrons. The van der Waals surface area contributed by atoms with Crippen LogP contribution in [0.3, 0.4) is 0 Å². The molecule has 2 aliphatic carbocycles. The van der Waals surface area contributed by atoms with E-state index in [4.69, 9.17) is 9.52 Å². The molecule has 6 nitrogen and oxygen atoms in total. The van der Waals surface area contributed by atoms with E-state index in [2.05, 4.69) is 21.1 Å². The van der Waals surface area contributed by atoms with Crippen molar-refractivity contribution in [3.63, 3.8) is 0 Å². The Balaban J connectivity index is 1.65. The van der Waals surface area contributed by atoms with Crippen molar-refractivity contribution in [2.24, 2.45) is 10.4 Å². The number of hydrogen-bond acceptors (Lipinski definition) is 6. The Bertz CT molecular complexity index is 1090. The third kappa shape index (κ3) is 4.71. The molecule has 0 atom stereocenters. The quantitative estimate of drug-likeness (QED) is 0.536. The molecule has 7 heteroatoms. The second-order valence-electron chi connectivity index (χ2n) is 9.00. The number of fused-ring (bicyclic) bond motifs is 1. The van der Waals surface area contributed by atoms with Crippen LogP contribution in [0.25, 0.3) is 0 Å². The van der Waals surface area contributed by atoms with Crippen molar-refractivity contribution >= 4 is 38.9 Å². The van der Waals surface area contributed by atoms with Gasteiger partial charge in [0.05, 0.1) is 28.2 Å². The van der Waals surface area contributed by atoms with E-state index in [-0.39, 0.29) is 22.7 Å². The van der Waals surface area contributed by atoms with Crippen LogP contribution in [0.15, 0.2) is 49.6 Å². The van der Waals surface area contributed by atoms with E-state index in [1.54, 1.807) is 0 Å².